The van der Waals surface area contributed by atoms with Crippen molar-refractivity contribution in [1.29, 1.82) is 0 Å². The van der Waals surface area contributed by atoms with Crippen molar-refractivity contribution in [2.75, 3.05) is 7.11 Å². The van der Waals surface area contributed by atoms with Crippen molar-refractivity contribution >= 4 is 10.1 Å². The van der Waals surface area contributed by atoms with Gasteiger partial charge in [0.25, 0.3) is 10.1 Å². The summed E-state index contributed by atoms with van der Waals surface area (Å²) in [6, 6.07) is 12.6. The molecule has 0 aliphatic heterocycles. The van der Waals surface area contributed by atoms with Crippen molar-refractivity contribution in [3.8, 4) is 5.75 Å². The van der Waals surface area contributed by atoms with Gasteiger partial charge in [-0.25, -0.2) is 0 Å². The molecule has 0 radical (unpaired) electrons. The minimum absolute atomic E-state index is 0.0124. The van der Waals surface area contributed by atoms with Gasteiger partial charge in [0, 0.05) is 0 Å². The summed E-state index contributed by atoms with van der Waals surface area (Å²) < 4.78 is 37.2. The van der Waals surface area contributed by atoms with E-state index < -0.39 is 10.1 Å². The lowest BCUT2D eigenvalue weighted by molar-refractivity contribution is 0.414. The third-order valence-corrected chi connectivity index (χ3v) is 4.29. The van der Waals surface area contributed by atoms with E-state index >= 15 is 0 Å². The molecule has 0 saturated heterocycles. The molecule has 0 aromatic heterocycles. The van der Waals surface area contributed by atoms with E-state index in [0.29, 0.717) is 18.4 Å². The largest absolute Gasteiger partial charge is 0.497 e. The van der Waals surface area contributed by atoms with Gasteiger partial charge in [0.05, 0.1) is 12.0 Å². The number of hydrogen-bond donors (Lipinski definition) is 1. The van der Waals surface area contributed by atoms with Crippen LogP contribution in [0.15, 0.2) is 47.4 Å². The predicted molar refractivity (Wildman–Crippen MR) is 81.4 cm³/mol. The normalized spacial score (nSPS) is 11.4. The highest BCUT2D eigenvalue weighted by Gasteiger charge is 2.15. The summed E-state index contributed by atoms with van der Waals surface area (Å²) in [6.45, 7) is 1.89. The second-order valence-corrected chi connectivity index (χ2v) is 6.32. The molecule has 0 amide bonds. The van der Waals surface area contributed by atoms with Gasteiger partial charge in [-0.05, 0) is 49.1 Å². The van der Waals surface area contributed by atoms with Crippen molar-refractivity contribution in [3.63, 3.8) is 0 Å². The first-order chi connectivity index (χ1) is 9.90. The standard InChI is InChI=1S/C16H18O4S/c1-12-3-10-16(21(17,18)19)14(11-12)7-4-13-5-8-15(20-2)9-6-13/h3,5-6,8-11H,4,7H2,1-2H3,(H,17,18,19). The molecule has 0 aliphatic carbocycles. The smallest absolute Gasteiger partial charge is 0.294 e. The second-order valence-electron chi connectivity index (χ2n) is 4.93. The molecule has 0 atom stereocenters. The summed E-state index contributed by atoms with van der Waals surface area (Å²) >= 11 is 0. The Hall–Kier alpha value is -1.85. The van der Waals surface area contributed by atoms with Crippen molar-refractivity contribution in [1.82, 2.24) is 0 Å². The summed E-state index contributed by atoms with van der Waals surface area (Å²) in [7, 11) is -2.57. The Labute approximate surface area is 125 Å². The fourth-order valence-corrected chi connectivity index (χ4v) is 2.96. The van der Waals surface area contributed by atoms with Crippen LogP contribution in [0.3, 0.4) is 0 Å². The van der Waals surface area contributed by atoms with Gasteiger partial charge in [-0.3, -0.25) is 4.55 Å². The molecule has 21 heavy (non-hydrogen) atoms. The van der Waals surface area contributed by atoms with E-state index in [1.54, 1.807) is 19.2 Å². The topological polar surface area (TPSA) is 63.6 Å². The quantitative estimate of drug-likeness (QED) is 0.862. The Morgan fingerprint density at radius 2 is 1.71 bits per heavy atom. The Balaban J connectivity index is 2.21. The average Bonchev–Trinajstić information content (AvgIpc) is 2.44. The molecular weight excluding hydrogens is 288 g/mol. The van der Waals surface area contributed by atoms with Gasteiger partial charge >= 0.3 is 0 Å². The molecule has 0 aliphatic rings. The van der Waals surface area contributed by atoms with Crippen LogP contribution < -0.4 is 4.74 Å². The zero-order valence-corrected chi connectivity index (χ0v) is 12.9. The van der Waals surface area contributed by atoms with E-state index in [1.807, 2.05) is 31.2 Å². The zero-order valence-electron chi connectivity index (χ0n) is 12.0. The first-order valence-electron chi connectivity index (χ1n) is 6.60. The molecular formula is C16H18O4S. The summed E-state index contributed by atoms with van der Waals surface area (Å²) in [4.78, 5) is -0.0124. The molecule has 0 fully saturated rings. The van der Waals surface area contributed by atoms with E-state index in [9.17, 15) is 13.0 Å². The second kappa shape index (κ2) is 6.28. The van der Waals surface area contributed by atoms with E-state index in [-0.39, 0.29) is 4.90 Å². The van der Waals surface area contributed by atoms with Gasteiger partial charge in [0.15, 0.2) is 0 Å². The number of hydrogen-bond acceptors (Lipinski definition) is 3. The third-order valence-electron chi connectivity index (χ3n) is 3.34. The van der Waals surface area contributed by atoms with Gasteiger partial charge in [0.2, 0.25) is 0 Å². The highest BCUT2D eigenvalue weighted by Crippen LogP contribution is 2.20. The van der Waals surface area contributed by atoms with Crippen molar-refractivity contribution in [2.24, 2.45) is 0 Å². The molecule has 0 heterocycles. The lowest BCUT2D eigenvalue weighted by atomic mass is 10.0. The number of rotatable bonds is 5. The molecule has 2 aromatic carbocycles. The Morgan fingerprint density at radius 3 is 2.29 bits per heavy atom. The lowest BCUT2D eigenvalue weighted by Crippen LogP contribution is -2.05. The van der Waals surface area contributed by atoms with Crippen LogP contribution in [-0.4, -0.2) is 20.1 Å². The minimum atomic E-state index is -4.19. The monoisotopic (exact) mass is 306 g/mol. The van der Waals surface area contributed by atoms with E-state index in [4.69, 9.17) is 4.74 Å². The molecule has 4 nitrogen and oxygen atoms in total. The number of ether oxygens (including phenoxy) is 1. The zero-order chi connectivity index (χ0) is 15.5. The number of aryl methyl sites for hydroxylation is 3. The maximum atomic E-state index is 11.4. The first kappa shape index (κ1) is 15.5. The van der Waals surface area contributed by atoms with Crippen LogP contribution in [-0.2, 0) is 23.0 Å². The van der Waals surface area contributed by atoms with Crippen molar-refractivity contribution < 1.29 is 17.7 Å². The molecule has 0 bridgehead atoms. The predicted octanol–water partition coefficient (Wildman–Crippen LogP) is 3.04. The number of methoxy groups -OCH3 is 1. The highest BCUT2D eigenvalue weighted by atomic mass is 32.2. The fraction of sp³-hybridized carbons (Fsp3) is 0.250. The van der Waals surface area contributed by atoms with Gasteiger partial charge < -0.3 is 4.74 Å². The van der Waals surface area contributed by atoms with Gasteiger partial charge in [-0.1, -0.05) is 29.8 Å². The maximum Gasteiger partial charge on any atom is 0.294 e. The Bertz CT molecular complexity index is 718. The summed E-state index contributed by atoms with van der Waals surface area (Å²) in [5.74, 6) is 0.785. The SMILES string of the molecule is COc1ccc(CCc2cc(C)ccc2S(=O)(=O)O)cc1. The molecule has 112 valence electrons. The summed E-state index contributed by atoms with van der Waals surface area (Å²) in [6.07, 6.45) is 1.24. The van der Waals surface area contributed by atoms with Crippen LogP contribution in [0.25, 0.3) is 0 Å². The van der Waals surface area contributed by atoms with Crippen LogP contribution >= 0.6 is 0 Å². The van der Waals surface area contributed by atoms with Crippen molar-refractivity contribution in [3.05, 3.63) is 59.2 Å². The highest BCUT2D eigenvalue weighted by molar-refractivity contribution is 7.85. The van der Waals surface area contributed by atoms with Gasteiger partial charge in [-0.15, -0.1) is 0 Å². The van der Waals surface area contributed by atoms with Crippen LogP contribution in [0.1, 0.15) is 16.7 Å². The summed E-state index contributed by atoms with van der Waals surface area (Å²) in [5.41, 5.74) is 2.68. The van der Waals surface area contributed by atoms with Gasteiger partial charge in [0.1, 0.15) is 5.75 Å². The van der Waals surface area contributed by atoms with Crippen LogP contribution in [0.4, 0.5) is 0 Å². The first-order valence-corrected chi connectivity index (χ1v) is 8.04. The van der Waals surface area contributed by atoms with Gasteiger partial charge in [-0.2, -0.15) is 8.42 Å². The third kappa shape index (κ3) is 4.06. The van der Waals surface area contributed by atoms with Crippen LogP contribution in [0.2, 0.25) is 0 Å². The van der Waals surface area contributed by atoms with Crippen LogP contribution in [0.5, 0.6) is 5.75 Å². The Morgan fingerprint density at radius 1 is 1.05 bits per heavy atom. The molecule has 0 spiro atoms. The molecule has 5 heteroatoms. The molecule has 2 aromatic rings. The van der Waals surface area contributed by atoms with Crippen LogP contribution in [0, 0.1) is 6.92 Å². The maximum absolute atomic E-state index is 11.4. The van der Waals surface area contributed by atoms with Crippen molar-refractivity contribution in [2.45, 2.75) is 24.7 Å². The summed E-state index contributed by atoms with van der Waals surface area (Å²) in [5, 5.41) is 0. The number of benzene rings is 2. The van der Waals surface area contributed by atoms with E-state index in [1.165, 1.54) is 6.07 Å². The molecule has 0 saturated carbocycles. The lowest BCUT2D eigenvalue weighted by Gasteiger charge is -2.09. The average molecular weight is 306 g/mol. The van der Waals surface area contributed by atoms with E-state index in [0.717, 1.165) is 16.9 Å². The Kier molecular flexibility index (Phi) is 4.65. The molecule has 0 unspecified atom stereocenters. The fourth-order valence-electron chi connectivity index (χ4n) is 2.23. The minimum Gasteiger partial charge on any atom is -0.497 e. The molecule has 2 rings (SSSR count). The van der Waals surface area contributed by atoms with E-state index in [2.05, 4.69) is 0 Å². The molecule has 1 N–H and O–H groups in total.